The maximum atomic E-state index is 13.1. The molecule has 0 saturated carbocycles. The molecular weight excluding hydrogens is 432 g/mol. The molecule has 0 amide bonds. The van der Waals surface area contributed by atoms with Crippen LogP contribution in [0.4, 0.5) is 0 Å². The minimum atomic E-state index is -0.193. The van der Waals surface area contributed by atoms with Crippen molar-refractivity contribution in [2.24, 2.45) is 0 Å². The van der Waals surface area contributed by atoms with Gasteiger partial charge in [-0.15, -0.1) is 11.3 Å². The molecule has 162 valence electrons. The monoisotopic (exact) mass is 456 g/mol. The number of thiophene rings is 1. The van der Waals surface area contributed by atoms with Gasteiger partial charge in [-0.25, -0.2) is 9.97 Å². The van der Waals surface area contributed by atoms with Gasteiger partial charge in [0, 0.05) is 25.1 Å². The number of para-hydroxylation sites is 1. The van der Waals surface area contributed by atoms with Crippen LogP contribution in [-0.2, 0) is 11.3 Å². The summed E-state index contributed by atoms with van der Waals surface area (Å²) in [6, 6.07) is 7.35. The average molecular weight is 457 g/mol. The van der Waals surface area contributed by atoms with Gasteiger partial charge in [-0.2, -0.15) is 0 Å². The van der Waals surface area contributed by atoms with Crippen molar-refractivity contribution in [3.05, 3.63) is 61.2 Å². The third-order valence-corrected chi connectivity index (χ3v) is 7.48. The first-order chi connectivity index (χ1) is 14.9. The molecule has 0 saturated heterocycles. The Morgan fingerprint density at radius 1 is 1.23 bits per heavy atom. The SMILES string of the molecule is COCCCn1c(SC(C)c2nc3sc(C)c(C)c3c(=O)[nH]2)nc2ccccc2c1=O. The molecule has 0 radical (unpaired) electrons. The Bertz CT molecular complexity index is 1370. The fraction of sp³-hybridized carbons (Fsp3) is 0.364. The number of methoxy groups -OCH3 is 1. The van der Waals surface area contributed by atoms with Gasteiger partial charge in [0.15, 0.2) is 5.16 Å². The molecule has 3 aromatic heterocycles. The summed E-state index contributed by atoms with van der Waals surface area (Å²) in [5.41, 5.74) is 1.44. The van der Waals surface area contributed by atoms with Crippen LogP contribution in [0.15, 0.2) is 39.0 Å². The number of aryl methyl sites for hydroxylation is 2. The van der Waals surface area contributed by atoms with Crippen molar-refractivity contribution >= 4 is 44.2 Å². The first-order valence-electron chi connectivity index (χ1n) is 10.1. The van der Waals surface area contributed by atoms with E-state index in [1.54, 1.807) is 17.7 Å². The highest BCUT2D eigenvalue weighted by Gasteiger charge is 2.19. The fourth-order valence-electron chi connectivity index (χ4n) is 3.48. The molecule has 1 aromatic carbocycles. The number of ether oxygens (including phenoxy) is 1. The summed E-state index contributed by atoms with van der Waals surface area (Å²) in [7, 11) is 1.64. The van der Waals surface area contributed by atoms with Crippen molar-refractivity contribution in [2.45, 2.75) is 44.1 Å². The molecule has 4 aromatic rings. The molecule has 31 heavy (non-hydrogen) atoms. The standard InChI is InChI=1S/C22H24N4O3S2/c1-12-13(2)30-20-17(12)19(27)24-18(25-20)14(3)31-22-23-16-9-6-5-8-15(16)21(28)26(22)10-7-11-29-4/h5-6,8-9,14H,7,10-11H2,1-4H3,(H,24,25,27). The van der Waals surface area contributed by atoms with Crippen LogP contribution >= 0.6 is 23.1 Å². The van der Waals surface area contributed by atoms with Gasteiger partial charge in [0.25, 0.3) is 11.1 Å². The van der Waals surface area contributed by atoms with Crippen LogP contribution in [0, 0.1) is 13.8 Å². The maximum Gasteiger partial charge on any atom is 0.262 e. The molecule has 1 atom stereocenters. The van der Waals surface area contributed by atoms with Crippen LogP contribution in [0.5, 0.6) is 0 Å². The number of hydrogen-bond donors (Lipinski definition) is 1. The van der Waals surface area contributed by atoms with E-state index in [4.69, 9.17) is 14.7 Å². The fourth-order valence-corrected chi connectivity index (χ4v) is 5.51. The van der Waals surface area contributed by atoms with E-state index in [0.29, 0.717) is 46.8 Å². The summed E-state index contributed by atoms with van der Waals surface area (Å²) in [5, 5.41) is 1.66. The van der Waals surface area contributed by atoms with Gasteiger partial charge in [-0.05, 0) is 44.9 Å². The lowest BCUT2D eigenvalue weighted by atomic mass is 10.2. The van der Waals surface area contributed by atoms with Crippen LogP contribution in [0.25, 0.3) is 21.1 Å². The van der Waals surface area contributed by atoms with E-state index < -0.39 is 0 Å². The zero-order valence-corrected chi connectivity index (χ0v) is 19.5. The molecule has 4 rings (SSSR count). The minimum Gasteiger partial charge on any atom is -0.385 e. The molecule has 0 aliphatic heterocycles. The minimum absolute atomic E-state index is 0.0715. The van der Waals surface area contributed by atoms with E-state index in [1.165, 1.54) is 23.1 Å². The molecule has 0 fully saturated rings. The highest BCUT2D eigenvalue weighted by Crippen LogP contribution is 2.34. The summed E-state index contributed by atoms with van der Waals surface area (Å²) >= 11 is 2.95. The Morgan fingerprint density at radius 2 is 2.00 bits per heavy atom. The van der Waals surface area contributed by atoms with Crippen molar-refractivity contribution in [2.75, 3.05) is 13.7 Å². The van der Waals surface area contributed by atoms with Gasteiger partial charge in [0.2, 0.25) is 0 Å². The summed E-state index contributed by atoms with van der Waals surface area (Å²) in [6.07, 6.45) is 0.702. The van der Waals surface area contributed by atoms with Crippen molar-refractivity contribution in [1.82, 2.24) is 19.5 Å². The molecule has 0 spiro atoms. The number of nitrogens with one attached hydrogen (secondary N) is 1. The van der Waals surface area contributed by atoms with E-state index in [0.717, 1.165) is 15.3 Å². The van der Waals surface area contributed by atoms with Crippen LogP contribution in [0.3, 0.4) is 0 Å². The number of aromatic nitrogens is 4. The zero-order valence-electron chi connectivity index (χ0n) is 17.9. The number of hydrogen-bond acceptors (Lipinski definition) is 7. The zero-order chi connectivity index (χ0) is 22.1. The van der Waals surface area contributed by atoms with E-state index in [9.17, 15) is 9.59 Å². The normalized spacial score (nSPS) is 12.6. The van der Waals surface area contributed by atoms with Crippen molar-refractivity contribution in [1.29, 1.82) is 0 Å². The molecule has 1 N–H and O–H groups in total. The highest BCUT2D eigenvalue weighted by molar-refractivity contribution is 7.99. The number of thioether (sulfide) groups is 1. The summed E-state index contributed by atoms with van der Waals surface area (Å²) < 4.78 is 6.85. The van der Waals surface area contributed by atoms with E-state index in [-0.39, 0.29) is 16.4 Å². The lowest BCUT2D eigenvalue weighted by molar-refractivity contribution is 0.189. The maximum absolute atomic E-state index is 13.1. The lowest BCUT2D eigenvalue weighted by Crippen LogP contribution is -2.24. The molecule has 3 heterocycles. The molecule has 7 nitrogen and oxygen atoms in total. The second-order valence-electron chi connectivity index (χ2n) is 7.39. The van der Waals surface area contributed by atoms with E-state index >= 15 is 0 Å². The predicted octanol–water partition coefficient (Wildman–Crippen LogP) is 4.20. The number of rotatable bonds is 7. The van der Waals surface area contributed by atoms with Gasteiger partial charge >= 0.3 is 0 Å². The van der Waals surface area contributed by atoms with E-state index in [2.05, 4.69) is 4.98 Å². The number of fused-ring (bicyclic) bond motifs is 2. The Labute approximate surface area is 187 Å². The Kier molecular flexibility index (Phi) is 6.27. The Morgan fingerprint density at radius 3 is 2.77 bits per heavy atom. The lowest BCUT2D eigenvalue weighted by Gasteiger charge is -2.16. The molecule has 0 bridgehead atoms. The Balaban J connectivity index is 1.75. The van der Waals surface area contributed by atoms with Gasteiger partial charge in [-0.3, -0.25) is 14.2 Å². The quantitative estimate of drug-likeness (QED) is 0.255. The third-order valence-electron chi connectivity index (χ3n) is 5.28. The smallest absolute Gasteiger partial charge is 0.262 e. The Hall–Kier alpha value is -2.49. The topological polar surface area (TPSA) is 89.9 Å². The summed E-state index contributed by atoms with van der Waals surface area (Å²) in [4.78, 5) is 40.0. The van der Waals surface area contributed by atoms with Crippen molar-refractivity contribution in [3.63, 3.8) is 0 Å². The molecule has 0 aliphatic rings. The molecule has 1 unspecified atom stereocenters. The van der Waals surface area contributed by atoms with Gasteiger partial charge < -0.3 is 9.72 Å². The number of H-pyrrole nitrogens is 1. The van der Waals surface area contributed by atoms with Crippen LogP contribution < -0.4 is 11.1 Å². The van der Waals surface area contributed by atoms with E-state index in [1.807, 2.05) is 39.0 Å². The van der Waals surface area contributed by atoms with Crippen LogP contribution in [0.1, 0.15) is 34.9 Å². The van der Waals surface area contributed by atoms with Gasteiger partial charge in [0.05, 0.1) is 21.5 Å². The molecule has 9 heteroatoms. The predicted molar refractivity (Wildman–Crippen MR) is 126 cm³/mol. The second-order valence-corrected chi connectivity index (χ2v) is 9.90. The summed E-state index contributed by atoms with van der Waals surface area (Å²) in [6.45, 7) is 6.97. The molecule has 0 aliphatic carbocycles. The van der Waals surface area contributed by atoms with Crippen molar-refractivity contribution in [3.8, 4) is 0 Å². The average Bonchev–Trinajstić information content (AvgIpc) is 3.04. The second kappa shape index (κ2) is 8.94. The highest BCUT2D eigenvalue weighted by atomic mass is 32.2. The first-order valence-corrected chi connectivity index (χ1v) is 11.8. The molecular formula is C22H24N4O3S2. The first kappa shape index (κ1) is 21.7. The van der Waals surface area contributed by atoms with Crippen molar-refractivity contribution < 1.29 is 4.74 Å². The number of aromatic amines is 1. The number of nitrogens with zero attached hydrogens (tertiary/aromatic N) is 3. The third kappa shape index (κ3) is 4.17. The van der Waals surface area contributed by atoms with Crippen LogP contribution in [-0.4, -0.2) is 33.2 Å². The number of benzene rings is 1. The largest absolute Gasteiger partial charge is 0.385 e. The van der Waals surface area contributed by atoms with Gasteiger partial charge in [-0.1, -0.05) is 23.9 Å². The summed E-state index contributed by atoms with van der Waals surface area (Å²) in [5.74, 6) is 0.578. The van der Waals surface area contributed by atoms with Crippen LogP contribution in [0.2, 0.25) is 0 Å². The van der Waals surface area contributed by atoms with Gasteiger partial charge in [0.1, 0.15) is 10.7 Å².